The van der Waals surface area contributed by atoms with Crippen molar-refractivity contribution in [2.45, 2.75) is 4.90 Å². The van der Waals surface area contributed by atoms with Gasteiger partial charge in [-0.1, -0.05) is 17.7 Å². The van der Waals surface area contributed by atoms with E-state index in [9.17, 15) is 12.8 Å². The Hall–Kier alpha value is -0.320. The zero-order chi connectivity index (χ0) is 9.35. The molecule has 0 amide bonds. The molecule has 0 aliphatic rings. The van der Waals surface area contributed by atoms with Crippen molar-refractivity contribution in [1.29, 1.82) is 0 Å². The molecule has 12 heavy (non-hydrogen) atoms. The van der Waals surface area contributed by atoms with Crippen LogP contribution < -0.4 is 0 Å². The molecule has 0 unspecified atom stereocenters. The molecular weight excluding hydrogens is 226 g/mol. The second kappa shape index (κ2) is 3.20. The van der Waals surface area contributed by atoms with Crippen LogP contribution in [0.15, 0.2) is 23.1 Å². The third-order valence-corrected chi connectivity index (χ3v) is 2.96. The Kier molecular flexibility index (Phi) is 2.61. The van der Waals surface area contributed by atoms with Gasteiger partial charge in [-0.05, 0) is 12.1 Å². The summed E-state index contributed by atoms with van der Waals surface area (Å²) >= 11 is 5.41. The summed E-state index contributed by atoms with van der Waals surface area (Å²) < 4.78 is 34.2. The van der Waals surface area contributed by atoms with E-state index in [-0.39, 0.29) is 5.02 Å². The average molecular weight is 229 g/mol. The minimum Gasteiger partial charge on any atom is -0.207 e. The zero-order valence-corrected chi connectivity index (χ0v) is 7.92. The molecule has 66 valence electrons. The highest BCUT2D eigenvalue weighted by atomic mass is 35.7. The molecule has 1 rings (SSSR count). The van der Waals surface area contributed by atoms with Gasteiger partial charge in [0, 0.05) is 10.7 Å². The zero-order valence-electron chi connectivity index (χ0n) is 5.59. The summed E-state index contributed by atoms with van der Waals surface area (Å²) in [6.45, 7) is 0. The standard InChI is InChI=1S/C6H3Cl2FO2S/c7-4-2-1-3-5(9)6(4)12(8,10)11/h1-3H. The van der Waals surface area contributed by atoms with E-state index in [1.165, 1.54) is 12.1 Å². The van der Waals surface area contributed by atoms with Crippen molar-refractivity contribution in [2.75, 3.05) is 0 Å². The molecule has 1 aromatic rings. The van der Waals surface area contributed by atoms with Crippen LogP contribution in [0.1, 0.15) is 0 Å². The fourth-order valence-electron chi connectivity index (χ4n) is 0.715. The number of hydrogen-bond acceptors (Lipinski definition) is 2. The van der Waals surface area contributed by atoms with Crippen LogP contribution in [0.2, 0.25) is 5.02 Å². The Balaban J connectivity index is 3.53. The van der Waals surface area contributed by atoms with Gasteiger partial charge < -0.3 is 0 Å². The molecule has 2 nitrogen and oxygen atoms in total. The highest BCUT2D eigenvalue weighted by Crippen LogP contribution is 2.26. The van der Waals surface area contributed by atoms with Crippen LogP contribution in [0.5, 0.6) is 0 Å². The molecule has 0 fully saturated rings. The van der Waals surface area contributed by atoms with Gasteiger partial charge in [0.2, 0.25) is 0 Å². The van der Waals surface area contributed by atoms with Gasteiger partial charge in [0.05, 0.1) is 5.02 Å². The summed E-state index contributed by atoms with van der Waals surface area (Å²) in [5.74, 6) is -0.947. The Morgan fingerprint density at radius 2 is 1.92 bits per heavy atom. The number of benzene rings is 1. The predicted octanol–water partition coefficient (Wildman–Crippen LogP) is 2.41. The van der Waals surface area contributed by atoms with Gasteiger partial charge in [-0.25, -0.2) is 12.8 Å². The lowest BCUT2D eigenvalue weighted by Crippen LogP contribution is -1.95. The summed E-state index contributed by atoms with van der Waals surface area (Å²) in [7, 11) is 0.818. The van der Waals surface area contributed by atoms with E-state index >= 15 is 0 Å². The minimum atomic E-state index is -4.10. The fraction of sp³-hybridized carbons (Fsp3) is 0. The summed E-state index contributed by atoms with van der Waals surface area (Å²) in [5.41, 5.74) is 0. The van der Waals surface area contributed by atoms with Gasteiger partial charge in [-0.2, -0.15) is 0 Å². The van der Waals surface area contributed by atoms with E-state index in [0.717, 1.165) is 6.07 Å². The van der Waals surface area contributed by atoms with Crippen LogP contribution in [-0.4, -0.2) is 8.42 Å². The molecule has 0 radical (unpaired) electrons. The van der Waals surface area contributed by atoms with Crippen molar-refractivity contribution in [3.8, 4) is 0 Å². The lowest BCUT2D eigenvalue weighted by molar-refractivity contribution is 0.576. The van der Waals surface area contributed by atoms with Gasteiger partial charge in [-0.15, -0.1) is 0 Å². The number of rotatable bonds is 1. The van der Waals surface area contributed by atoms with Crippen molar-refractivity contribution >= 4 is 31.3 Å². The smallest absolute Gasteiger partial charge is 0.207 e. The van der Waals surface area contributed by atoms with Crippen LogP contribution in [0, 0.1) is 5.82 Å². The number of halogens is 3. The molecule has 0 N–H and O–H groups in total. The maximum atomic E-state index is 12.8. The first-order chi connectivity index (χ1) is 5.43. The third-order valence-electron chi connectivity index (χ3n) is 1.16. The van der Waals surface area contributed by atoms with Crippen molar-refractivity contribution in [2.24, 2.45) is 0 Å². The van der Waals surface area contributed by atoms with E-state index in [2.05, 4.69) is 0 Å². The van der Waals surface area contributed by atoms with Gasteiger partial charge in [0.25, 0.3) is 9.05 Å². The maximum Gasteiger partial charge on any atom is 0.265 e. The summed E-state index contributed by atoms with van der Waals surface area (Å²) in [4.78, 5) is -0.673. The van der Waals surface area contributed by atoms with Crippen molar-refractivity contribution < 1.29 is 12.8 Å². The van der Waals surface area contributed by atoms with E-state index in [0.29, 0.717) is 0 Å². The minimum absolute atomic E-state index is 0.218. The van der Waals surface area contributed by atoms with Crippen molar-refractivity contribution in [1.82, 2.24) is 0 Å². The van der Waals surface area contributed by atoms with Crippen LogP contribution >= 0.6 is 22.3 Å². The first-order valence-corrected chi connectivity index (χ1v) is 5.50. The fourth-order valence-corrected chi connectivity index (χ4v) is 2.37. The molecule has 0 heterocycles. The second-order valence-electron chi connectivity index (χ2n) is 1.99. The topological polar surface area (TPSA) is 34.1 Å². The molecule has 0 saturated carbocycles. The Labute approximate surface area is 78.3 Å². The van der Waals surface area contributed by atoms with Crippen LogP contribution in [0.25, 0.3) is 0 Å². The normalized spacial score (nSPS) is 11.6. The average Bonchev–Trinajstić information content (AvgIpc) is 1.82. The predicted molar refractivity (Wildman–Crippen MR) is 44.4 cm³/mol. The first-order valence-electron chi connectivity index (χ1n) is 2.81. The molecular formula is C6H3Cl2FO2S. The summed E-state index contributed by atoms with van der Waals surface area (Å²) in [6.07, 6.45) is 0. The molecule has 0 saturated heterocycles. The number of hydrogen-bond donors (Lipinski definition) is 0. The van der Waals surface area contributed by atoms with Gasteiger partial charge in [0.1, 0.15) is 10.7 Å². The van der Waals surface area contributed by atoms with Crippen molar-refractivity contribution in [3.05, 3.63) is 29.0 Å². The summed E-state index contributed by atoms with van der Waals surface area (Å²) in [6, 6.07) is 3.52. The van der Waals surface area contributed by atoms with E-state index < -0.39 is 19.8 Å². The van der Waals surface area contributed by atoms with E-state index in [1.54, 1.807) is 0 Å². The lowest BCUT2D eigenvalue weighted by atomic mass is 10.3. The molecule has 0 atom stereocenters. The lowest BCUT2D eigenvalue weighted by Gasteiger charge is -1.99. The molecule has 0 aliphatic carbocycles. The van der Waals surface area contributed by atoms with E-state index in [1.807, 2.05) is 0 Å². The highest BCUT2D eigenvalue weighted by molar-refractivity contribution is 8.13. The Morgan fingerprint density at radius 1 is 1.33 bits per heavy atom. The largest absolute Gasteiger partial charge is 0.265 e. The molecule has 0 aromatic heterocycles. The van der Waals surface area contributed by atoms with Crippen LogP contribution in [0.4, 0.5) is 4.39 Å². The molecule has 0 aliphatic heterocycles. The quantitative estimate of drug-likeness (QED) is 0.693. The van der Waals surface area contributed by atoms with Crippen LogP contribution in [0.3, 0.4) is 0 Å². The second-order valence-corrected chi connectivity index (χ2v) is 4.90. The van der Waals surface area contributed by atoms with E-state index in [4.69, 9.17) is 22.3 Å². The molecule has 0 spiro atoms. The van der Waals surface area contributed by atoms with Gasteiger partial charge in [-0.3, -0.25) is 0 Å². The first kappa shape index (κ1) is 9.77. The molecule has 0 bridgehead atoms. The monoisotopic (exact) mass is 228 g/mol. The van der Waals surface area contributed by atoms with Gasteiger partial charge >= 0.3 is 0 Å². The third kappa shape index (κ3) is 1.88. The van der Waals surface area contributed by atoms with Crippen molar-refractivity contribution in [3.63, 3.8) is 0 Å². The maximum absolute atomic E-state index is 12.8. The molecule has 6 heteroatoms. The Bertz CT molecular complexity index is 382. The SMILES string of the molecule is O=S(=O)(Cl)c1c(F)cccc1Cl. The van der Waals surface area contributed by atoms with Crippen LogP contribution in [-0.2, 0) is 9.05 Å². The Morgan fingerprint density at radius 3 is 2.25 bits per heavy atom. The summed E-state index contributed by atoms with van der Waals surface area (Å²) in [5, 5.41) is -0.218. The molecule has 1 aromatic carbocycles. The van der Waals surface area contributed by atoms with Gasteiger partial charge in [0.15, 0.2) is 0 Å². The highest BCUT2D eigenvalue weighted by Gasteiger charge is 2.19.